The Hall–Kier alpha value is -4.41. The van der Waals surface area contributed by atoms with Crippen molar-refractivity contribution in [1.82, 2.24) is 0 Å². The highest BCUT2D eigenvalue weighted by Crippen LogP contribution is 2.41. The first-order valence-electron chi connectivity index (χ1n) is 10.1. The van der Waals surface area contributed by atoms with Gasteiger partial charge in [0.25, 0.3) is 0 Å². The van der Waals surface area contributed by atoms with Crippen molar-refractivity contribution in [3.05, 3.63) is 59.7 Å². The van der Waals surface area contributed by atoms with Crippen molar-refractivity contribution in [3.63, 3.8) is 0 Å². The Balaban J connectivity index is 2.04. The van der Waals surface area contributed by atoms with E-state index in [0.29, 0.717) is 22.5 Å². The third-order valence-corrected chi connectivity index (χ3v) is 4.98. The van der Waals surface area contributed by atoms with E-state index in [1.54, 1.807) is 48.5 Å². The standard InChI is InChI=1S/C23H22N2O9/c1-12(26)32-19(21(28)29)20(33-13(2)27)22(30)34-18-11-14-7-3-5-9-16(14)25(23(24)31)17-10-6-4-8-15(17)18/h3-10,18-20H,11H2,1-2H3,(H2,24,31)(H,28,29). The summed E-state index contributed by atoms with van der Waals surface area (Å²) in [5, 5.41) is 9.45. The minimum absolute atomic E-state index is 0.0980. The summed E-state index contributed by atoms with van der Waals surface area (Å²) in [4.78, 5) is 61.3. The molecule has 178 valence electrons. The maximum Gasteiger partial charge on any atom is 0.352 e. The number of anilines is 2. The molecule has 0 radical (unpaired) electrons. The summed E-state index contributed by atoms with van der Waals surface area (Å²) in [6.07, 6.45) is -5.10. The number of nitrogens with two attached hydrogens (primary N) is 1. The highest BCUT2D eigenvalue weighted by molar-refractivity contribution is 6.00. The van der Waals surface area contributed by atoms with Gasteiger partial charge in [-0.2, -0.15) is 0 Å². The van der Waals surface area contributed by atoms with Gasteiger partial charge < -0.3 is 25.1 Å². The topological polar surface area (TPSA) is 163 Å². The molecule has 11 heteroatoms. The number of fused-ring (bicyclic) bond motifs is 2. The number of rotatable bonds is 6. The Morgan fingerprint density at radius 1 is 0.912 bits per heavy atom. The molecule has 0 spiro atoms. The fourth-order valence-electron chi connectivity index (χ4n) is 3.69. The second-order valence-electron chi connectivity index (χ2n) is 7.39. The third kappa shape index (κ3) is 5.14. The highest BCUT2D eigenvalue weighted by Gasteiger charge is 2.42. The number of urea groups is 1. The van der Waals surface area contributed by atoms with Gasteiger partial charge in [0.15, 0.2) is 0 Å². The van der Waals surface area contributed by atoms with Crippen LogP contribution in [0.25, 0.3) is 0 Å². The molecule has 2 aromatic rings. The quantitative estimate of drug-likeness (QED) is 0.475. The summed E-state index contributed by atoms with van der Waals surface area (Å²) >= 11 is 0. The average Bonchev–Trinajstić information content (AvgIpc) is 2.90. The predicted octanol–water partition coefficient (Wildman–Crippen LogP) is 1.99. The van der Waals surface area contributed by atoms with E-state index >= 15 is 0 Å². The second-order valence-corrected chi connectivity index (χ2v) is 7.39. The van der Waals surface area contributed by atoms with E-state index in [-0.39, 0.29) is 6.42 Å². The smallest absolute Gasteiger partial charge is 0.352 e. The zero-order chi connectivity index (χ0) is 25.0. The lowest BCUT2D eigenvalue weighted by Gasteiger charge is -2.25. The van der Waals surface area contributed by atoms with Gasteiger partial charge in [-0.25, -0.2) is 14.4 Å². The monoisotopic (exact) mass is 470 g/mol. The second kappa shape index (κ2) is 10.0. The Morgan fingerprint density at radius 3 is 2.06 bits per heavy atom. The molecule has 11 nitrogen and oxygen atoms in total. The van der Waals surface area contributed by atoms with Crippen molar-refractivity contribution in [2.45, 2.75) is 38.6 Å². The molecular weight excluding hydrogens is 448 g/mol. The molecule has 3 rings (SSSR count). The van der Waals surface area contributed by atoms with Crippen molar-refractivity contribution in [2.24, 2.45) is 5.73 Å². The van der Waals surface area contributed by atoms with E-state index in [4.69, 9.17) is 19.9 Å². The summed E-state index contributed by atoms with van der Waals surface area (Å²) in [6.45, 7) is 1.91. The predicted molar refractivity (Wildman–Crippen MR) is 116 cm³/mol. The number of carboxylic acid groups (broad SMARTS) is 1. The van der Waals surface area contributed by atoms with E-state index in [2.05, 4.69) is 0 Å². The Labute approximate surface area is 194 Å². The van der Waals surface area contributed by atoms with Gasteiger partial charge >= 0.3 is 29.9 Å². The molecular formula is C23H22N2O9. The normalized spacial score (nSPS) is 16.1. The molecule has 3 unspecified atom stereocenters. The molecule has 0 aromatic heterocycles. The minimum Gasteiger partial charge on any atom is -0.478 e. The first-order valence-corrected chi connectivity index (χ1v) is 10.1. The number of carbonyl (C=O) groups is 5. The summed E-state index contributed by atoms with van der Waals surface area (Å²) in [7, 11) is 0. The number of hydrogen-bond donors (Lipinski definition) is 2. The lowest BCUT2D eigenvalue weighted by atomic mass is 10.0. The number of aliphatic carboxylic acids is 1. The van der Waals surface area contributed by atoms with Crippen LogP contribution in [0.3, 0.4) is 0 Å². The van der Waals surface area contributed by atoms with Crippen LogP contribution >= 0.6 is 0 Å². The van der Waals surface area contributed by atoms with Crippen molar-refractivity contribution in [2.75, 3.05) is 4.90 Å². The zero-order valence-electron chi connectivity index (χ0n) is 18.3. The van der Waals surface area contributed by atoms with Gasteiger partial charge in [0, 0.05) is 25.8 Å². The number of para-hydroxylation sites is 2. The lowest BCUT2D eigenvalue weighted by molar-refractivity contribution is -0.190. The molecule has 0 saturated heterocycles. The number of ether oxygens (including phenoxy) is 3. The number of carboxylic acids is 1. The maximum atomic E-state index is 13.1. The molecule has 1 heterocycles. The number of esters is 3. The van der Waals surface area contributed by atoms with Crippen LogP contribution < -0.4 is 10.6 Å². The molecule has 1 aliphatic heterocycles. The molecule has 3 atom stereocenters. The van der Waals surface area contributed by atoms with Crippen LogP contribution in [0.4, 0.5) is 16.2 Å². The summed E-state index contributed by atoms with van der Waals surface area (Å²) in [6, 6.07) is 12.7. The molecule has 2 aromatic carbocycles. The molecule has 0 fully saturated rings. The average molecular weight is 470 g/mol. The van der Waals surface area contributed by atoms with Crippen molar-refractivity contribution in [3.8, 4) is 0 Å². The Kier molecular flexibility index (Phi) is 7.15. The molecule has 0 bridgehead atoms. The lowest BCUT2D eigenvalue weighted by Crippen LogP contribution is -2.46. The van der Waals surface area contributed by atoms with Crippen molar-refractivity contribution in [1.29, 1.82) is 0 Å². The van der Waals surface area contributed by atoms with E-state index in [0.717, 1.165) is 13.8 Å². The van der Waals surface area contributed by atoms with Crippen LogP contribution in [-0.2, 0) is 39.8 Å². The number of primary amides is 1. The highest BCUT2D eigenvalue weighted by atomic mass is 16.6. The molecule has 0 aliphatic carbocycles. The van der Waals surface area contributed by atoms with Gasteiger partial charge in [0.2, 0.25) is 12.2 Å². The van der Waals surface area contributed by atoms with Crippen molar-refractivity contribution >= 4 is 41.3 Å². The summed E-state index contributed by atoms with van der Waals surface area (Å²) in [5.41, 5.74) is 7.52. The number of nitrogens with zero attached hydrogens (tertiary/aromatic N) is 1. The van der Waals surface area contributed by atoms with Crippen LogP contribution in [0.15, 0.2) is 48.5 Å². The number of hydrogen-bond acceptors (Lipinski definition) is 8. The molecule has 0 saturated carbocycles. The number of benzene rings is 2. The number of amides is 2. The summed E-state index contributed by atoms with van der Waals surface area (Å²) < 4.78 is 15.2. The van der Waals surface area contributed by atoms with Gasteiger partial charge in [-0.05, 0) is 17.7 Å². The largest absolute Gasteiger partial charge is 0.478 e. The minimum atomic E-state index is -2.12. The van der Waals surface area contributed by atoms with E-state index in [1.807, 2.05) is 0 Å². The van der Waals surface area contributed by atoms with Gasteiger partial charge in [0.05, 0.1) is 11.4 Å². The molecule has 2 amide bonds. The van der Waals surface area contributed by atoms with E-state index in [1.165, 1.54) is 4.90 Å². The van der Waals surface area contributed by atoms with Crippen LogP contribution in [0.5, 0.6) is 0 Å². The van der Waals surface area contributed by atoms with Crippen molar-refractivity contribution < 1.29 is 43.3 Å². The van der Waals surface area contributed by atoms with Crippen LogP contribution in [0.1, 0.15) is 31.1 Å². The van der Waals surface area contributed by atoms with E-state index in [9.17, 15) is 29.1 Å². The van der Waals surface area contributed by atoms with Crippen LogP contribution in [-0.4, -0.2) is 47.2 Å². The molecule has 3 N–H and O–H groups in total. The number of carbonyl (C=O) groups excluding carboxylic acids is 4. The van der Waals surface area contributed by atoms with E-state index < -0.39 is 48.2 Å². The van der Waals surface area contributed by atoms with Gasteiger partial charge in [-0.1, -0.05) is 36.4 Å². The third-order valence-electron chi connectivity index (χ3n) is 4.98. The first-order chi connectivity index (χ1) is 16.1. The fraction of sp³-hybridized carbons (Fsp3) is 0.261. The first kappa shape index (κ1) is 24.2. The van der Waals surface area contributed by atoms with Gasteiger partial charge in [-0.3, -0.25) is 14.5 Å². The maximum absolute atomic E-state index is 13.1. The SMILES string of the molecule is CC(=O)OC(C(=O)O)C(OC(C)=O)C(=O)OC1Cc2ccccc2N(C(N)=O)c2ccccc21. The Morgan fingerprint density at radius 2 is 1.47 bits per heavy atom. The zero-order valence-corrected chi connectivity index (χ0v) is 18.3. The Bertz CT molecular complexity index is 1150. The fourth-order valence-corrected chi connectivity index (χ4v) is 3.69. The van der Waals surface area contributed by atoms with Gasteiger partial charge in [-0.15, -0.1) is 0 Å². The van der Waals surface area contributed by atoms with Gasteiger partial charge in [0.1, 0.15) is 6.10 Å². The van der Waals surface area contributed by atoms with Crippen LogP contribution in [0.2, 0.25) is 0 Å². The summed E-state index contributed by atoms with van der Waals surface area (Å²) in [5.74, 6) is -4.92. The molecule has 34 heavy (non-hydrogen) atoms. The van der Waals surface area contributed by atoms with Crippen LogP contribution in [0, 0.1) is 0 Å². The molecule has 1 aliphatic rings.